The van der Waals surface area contributed by atoms with Crippen LogP contribution in [0.15, 0.2) is 81.0 Å². The number of carbonyl (C=O) groups is 1. The van der Waals surface area contributed by atoms with Gasteiger partial charge in [-0.3, -0.25) is 4.79 Å². The predicted octanol–water partition coefficient (Wildman–Crippen LogP) is 5.99. The van der Waals surface area contributed by atoms with Crippen molar-refractivity contribution >= 4 is 23.4 Å². The second kappa shape index (κ2) is 8.59. The zero-order chi connectivity index (χ0) is 22.1. The van der Waals surface area contributed by atoms with E-state index in [1.165, 1.54) is 12.1 Å². The van der Waals surface area contributed by atoms with Crippen molar-refractivity contribution in [1.29, 1.82) is 0 Å². The topological polar surface area (TPSA) is 59.2 Å². The van der Waals surface area contributed by atoms with Crippen LogP contribution in [0.2, 0.25) is 0 Å². The standard InChI is InChI=1S/C25H20FN3O2S/c1-2-13-29-20-12-9-17(15-22(20)32-21-6-4-3-5-19(21)25(29)30)24-27-23(31-28-24)14-16-7-10-18(26)11-8-16/h3-12,15H,2,13-14H2,1H3. The quantitative estimate of drug-likeness (QED) is 0.378. The summed E-state index contributed by atoms with van der Waals surface area (Å²) in [5.41, 5.74) is 3.31. The van der Waals surface area contributed by atoms with E-state index in [1.54, 1.807) is 23.9 Å². The molecular weight excluding hydrogens is 425 g/mol. The molecule has 3 aromatic carbocycles. The number of anilines is 1. The maximum absolute atomic E-state index is 13.2. The minimum atomic E-state index is -0.278. The lowest BCUT2D eigenvalue weighted by Gasteiger charge is -2.22. The van der Waals surface area contributed by atoms with Gasteiger partial charge in [-0.15, -0.1) is 0 Å². The zero-order valence-electron chi connectivity index (χ0n) is 17.4. The Morgan fingerprint density at radius 3 is 2.66 bits per heavy atom. The van der Waals surface area contributed by atoms with Crippen molar-refractivity contribution in [3.8, 4) is 11.4 Å². The van der Waals surface area contributed by atoms with Crippen LogP contribution in [0.4, 0.5) is 10.1 Å². The van der Waals surface area contributed by atoms with Crippen molar-refractivity contribution in [1.82, 2.24) is 10.1 Å². The van der Waals surface area contributed by atoms with Gasteiger partial charge in [-0.2, -0.15) is 4.98 Å². The van der Waals surface area contributed by atoms with Gasteiger partial charge >= 0.3 is 0 Å². The fourth-order valence-corrected chi connectivity index (χ4v) is 4.85. The normalized spacial score (nSPS) is 12.9. The first-order valence-electron chi connectivity index (χ1n) is 10.4. The average Bonchev–Trinajstić information content (AvgIpc) is 3.23. The molecule has 0 bridgehead atoms. The molecule has 1 aromatic heterocycles. The fourth-order valence-electron chi connectivity index (χ4n) is 3.73. The summed E-state index contributed by atoms with van der Waals surface area (Å²) >= 11 is 1.57. The third kappa shape index (κ3) is 3.91. The van der Waals surface area contributed by atoms with Crippen molar-refractivity contribution in [2.75, 3.05) is 11.4 Å². The van der Waals surface area contributed by atoms with Crippen LogP contribution in [0, 0.1) is 5.82 Å². The molecule has 1 amide bonds. The Balaban J connectivity index is 1.48. The SMILES string of the molecule is CCCN1C(=O)c2ccccc2Sc2cc(-c3noc(Cc4ccc(F)cc4)n3)ccc21. The van der Waals surface area contributed by atoms with E-state index in [-0.39, 0.29) is 11.7 Å². The van der Waals surface area contributed by atoms with E-state index < -0.39 is 0 Å². The molecule has 0 unspecified atom stereocenters. The molecule has 4 aromatic rings. The van der Waals surface area contributed by atoms with Gasteiger partial charge in [0, 0.05) is 21.9 Å². The summed E-state index contributed by atoms with van der Waals surface area (Å²) in [6.07, 6.45) is 1.29. The van der Waals surface area contributed by atoms with Gasteiger partial charge < -0.3 is 9.42 Å². The summed E-state index contributed by atoms with van der Waals surface area (Å²) in [5, 5.41) is 4.14. The molecule has 0 aliphatic carbocycles. The molecule has 0 atom stereocenters. The van der Waals surface area contributed by atoms with Gasteiger partial charge in [0.25, 0.3) is 5.91 Å². The average molecular weight is 446 g/mol. The highest BCUT2D eigenvalue weighted by Gasteiger charge is 2.27. The molecule has 0 N–H and O–H groups in total. The van der Waals surface area contributed by atoms with E-state index in [9.17, 15) is 9.18 Å². The number of hydrogen-bond acceptors (Lipinski definition) is 5. The van der Waals surface area contributed by atoms with Crippen LogP contribution in [0.5, 0.6) is 0 Å². The molecule has 0 saturated heterocycles. The highest BCUT2D eigenvalue weighted by atomic mass is 32.2. The van der Waals surface area contributed by atoms with E-state index in [4.69, 9.17) is 4.52 Å². The van der Waals surface area contributed by atoms with Crippen LogP contribution >= 0.6 is 11.8 Å². The van der Waals surface area contributed by atoms with Crippen molar-refractivity contribution in [2.45, 2.75) is 29.6 Å². The number of nitrogens with zero attached hydrogens (tertiary/aromatic N) is 3. The molecule has 0 radical (unpaired) electrons. The molecule has 1 aliphatic rings. The number of amides is 1. The molecular formula is C25H20FN3O2S. The van der Waals surface area contributed by atoms with Crippen molar-refractivity contribution in [2.24, 2.45) is 0 Å². The van der Waals surface area contributed by atoms with E-state index in [1.807, 2.05) is 47.4 Å². The minimum Gasteiger partial charge on any atom is -0.339 e. The Bertz CT molecular complexity index is 1290. The summed E-state index contributed by atoms with van der Waals surface area (Å²) in [6.45, 7) is 2.71. The van der Waals surface area contributed by atoms with Crippen LogP contribution in [-0.2, 0) is 6.42 Å². The summed E-state index contributed by atoms with van der Waals surface area (Å²) < 4.78 is 18.6. The Morgan fingerprint density at radius 1 is 1.03 bits per heavy atom. The van der Waals surface area contributed by atoms with Crippen molar-refractivity contribution in [3.05, 3.63) is 89.6 Å². The maximum Gasteiger partial charge on any atom is 0.259 e. The number of benzene rings is 3. The monoisotopic (exact) mass is 445 g/mol. The highest BCUT2D eigenvalue weighted by Crippen LogP contribution is 2.42. The first-order valence-corrected chi connectivity index (χ1v) is 11.2. The van der Waals surface area contributed by atoms with Crippen LogP contribution < -0.4 is 4.90 Å². The van der Waals surface area contributed by atoms with Crippen LogP contribution in [-0.4, -0.2) is 22.6 Å². The highest BCUT2D eigenvalue weighted by molar-refractivity contribution is 7.99. The number of rotatable bonds is 5. The number of hydrogen-bond donors (Lipinski definition) is 0. The van der Waals surface area contributed by atoms with E-state index in [2.05, 4.69) is 17.1 Å². The fraction of sp³-hybridized carbons (Fsp3) is 0.160. The van der Waals surface area contributed by atoms with Crippen LogP contribution in [0.1, 0.15) is 35.2 Å². The van der Waals surface area contributed by atoms with Gasteiger partial charge in [0.05, 0.1) is 17.7 Å². The number of aromatic nitrogens is 2. The molecule has 0 spiro atoms. The number of carbonyl (C=O) groups excluding carboxylic acids is 1. The molecule has 5 rings (SSSR count). The Hall–Kier alpha value is -3.45. The summed E-state index contributed by atoms with van der Waals surface area (Å²) in [7, 11) is 0. The van der Waals surface area contributed by atoms with Gasteiger partial charge in [0.15, 0.2) is 0 Å². The molecule has 0 fully saturated rings. The molecule has 0 saturated carbocycles. The van der Waals surface area contributed by atoms with Gasteiger partial charge in [-0.25, -0.2) is 4.39 Å². The lowest BCUT2D eigenvalue weighted by Crippen LogP contribution is -2.31. The van der Waals surface area contributed by atoms with Gasteiger partial charge in [0.2, 0.25) is 11.7 Å². The second-order valence-electron chi connectivity index (χ2n) is 7.55. The molecule has 7 heteroatoms. The smallest absolute Gasteiger partial charge is 0.259 e. The third-order valence-corrected chi connectivity index (χ3v) is 6.40. The Morgan fingerprint density at radius 2 is 1.84 bits per heavy atom. The molecule has 32 heavy (non-hydrogen) atoms. The van der Waals surface area contributed by atoms with Crippen LogP contribution in [0.25, 0.3) is 11.4 Å². The Kier molecular flexibility index (Phi) is 5.49. The summed E-state index contributed by atoms with van der Waals surface area (Å²) in [5.74, 6) is 0.681. The van der Waals surface area contributed by atoms with E-state index >= 15 is 0 Å². The van der Waals surface area contributed by atoms with Crippen LogP contribution in [0.3, 0.4) is 0 Å². The number of halogens is 1. The lowest BCUT2D eigenvalue weighted by atomic mass is 10.1. The van der Waals surface area contributed by atoms with E-state index in [0.717, 1.165) is 33.0 Å². The van der Waals surface area contributed by atoms with Crippen molar-refractivity contribution < 1.29 is 13.7 Å². The lowest BCUT2D eigenvalue weighted by molar-refractivity contribution is 0.0984. The largest absolute Gasteiger partial charge is 0.339 e. The minimum absolute atomic E-state index is 0.0163. The maximum atomic E-state index is 13.2. The predicted molar refractivity (Wildman–Crippen MR) is 121 cm³/mol. The van der Waals surface area contributed by atoms with Gasteiger partial charge in [0.1, 0.15) is 5.82 Å². The summed E-state index contributed by atoms with van der Waals surface area (Å²) in [6, 6.07) is 19.8. The Labute approximate surface area is 189 Å². The summed E-state index contributed by atoms with van der Waals surface area (Å²) in [4.78, 5) is 21.5. The molecule has 5 nitrogen and oxygen atoms in total. The second-order valence-corrected chi connectivity index (χ2v) is 8.64. The van der Waals surface area contributed by atoms with Crippen molar-refractivity contribution in [3.63, 3.8) is 0 Å². The third-order valence-electron chi connectivity index (χ3n) is 5.28. The molecule has 160 valence electrons. The zero-order valence-corrected chi connectivity index (χ0v) is 18.2. The number of fused-ring (bicyclic) bond motifs is 2. The first-order chi connectivity index (χ1) is 15.6. The van der Waals surface area contributed by atoms with E-state index in [0.29, 0.717) is 30.2 Å². The molecule has 1 aliphatic heterocycles. The van der Waals surface area contributed by atoms with Gasteiger partial charge in [-0.1, -0.05) is 48.1 Å². The van der Waals surface area contributed by atoms with Gasteiger partial charge in [-0.05, 0) is 54.4 Å². The molecule has 2 heterocycles. The first kappa shape index (κ1) is 20.5.